The van der Waals surface area contributed by atoms with Crippen LogP contribution in [0.5, 0.6) is 5.75 Å². The molecule has 11 heteroatoms. The van der Waals surface area contributed by atoms with Gasteiger partial charge in [-0.15, -0.1) is 5.10 Å². The van der Waals surface area contributed by atoms with E-state index >= 15 is 0 Å². The second-order valence-corrected chi connectivity index (χ2v) is 8.75. The van der Waals surface area contributed by atoms with E-state index in [9.17, 15) is 18.0 Å². The Morgan fingerprint density at radius 1 is 1.05 bits per heavy atom. The first-order valence-electron chi connectivity index (χ1n) is 12.3. The van der Waals surface area contributed by atoms with Gasteiger partial charge in [0.15, 0.2) is 5.82 Å². The Morgan fingerprint density at radius 3 is 2.46 bits per heavy atom. The molecule has 1 aromatic heterocycles. The minimum atomic E-state index is -4.46. The van der Waals surface area contributed by atoms with E-state index in [1.807, 2.05) is 50.2 Å². The monoisotopic (exact) mass is 536 g/mol. The number of tetrazole rings is 1. The summed E-state index contributed by atoms with van der Waals surface area (Å²) < 4.78 is 44.6. The summed E-state index contributed by atoms with van der Waals surface area (Å²) in [7, 11) is 0. The molecule has 0 spiro atoms. The first-order valence-corrected chi connectivity index (χ1v) is 12.3. The summed E-state index contributed by atoms with van der Waals surface area (Å²) in [5.41, 5.74) is 4.43. The van der Waals surface area contributed by atoms with Crippen molar-refractivity contribution >= 4 is 17.4 Å². The van der Waals surface area contributed by atoms with E-state index in [1.165, 1.54) is 0 Å². The van der Waals surface area contributed by atoms with Gasteiger partial charge in [0.05, 0.1) is 12.3 Å². The molecule has 0 aliphatic carbocycles. The molecule has 3 N–H and O–H groups in total. The zero-order valence-corrected chi connectivity index (χ0v) is 21.3. The van der Waals surface area contributed by atoms with Gasteiger partial charge in [0.25, 0.3) is 0 Å². The third kappa shape index (κ3) is 7.44. The first-order chi connectivity index (χ1) is 18.7. The third-order valence-electron chi connectivity index (χ3n) is 5.66. The molecule has 1 heterocycles. The molecular formula is C28H27F3N6O2. The number of allylic oxidation sites excluding steroid dienone is 2. The normalized spacial score (nSPS) is 11.5. The van der Waals surface area contributed by atoms with Gasteiger partial charge in [0.2, 0.25) is 0 Å². The number of alkyl halides is 3. The topological polar surface area (TPSA) is 105 Å². The first kappa shape index (κ1) is 27.4. The lowest BCUT2D eigenvalue weighted by Crippen LogP contribution is -2.20. The average molecular weight is 537 g/mol. The van der Waals surface area contributed by atoms with E-state index in [0.717, 1.165) is 11.6 Å². The maximum atomic E-state index is 13.0. The van der Waals surface area contributed by atoms with Gasteiger partial charge in [-0.1, -0.05) is 55.0 Å². The molecule has 202 valence electrons. The fraction of sp³-hybridized carbons (Fsp3) is 0.214. The van der Waals surface area contributed by atoms with Crippen LogP contribution in [0.1, 0.15) is 24.5 Å². The van der Waals surface area contributed by atoms with Gasteiger partial charge in [-0.3, -0.25) is 0 Å². The maximum Gasteiger partial charge on any atom is 0.409 e. The molecule has 0 aliphatic heterocycles. The van der Waals surface area contributed by atoms with Crippen LogP contribution in [0.15, 0.2) is 72.8 Å². The number of halogens is 3. The van der Waals surface area contributed by atoms with Crippen molar-refractivity contribution in [2.45, 2.75) is 32.9 Å². The predicted molar refractivity (Wildman–Crippen MR) is 144 cm³/mol. The molecule has 4 rings (SSSR count). The van der Waals surface area contributed by atoms with Gasteiger partial charge in [0, 0.05) is 22.9 Å². The van der Waals surface area contributed by atoms with E-state index in [-0.39, 0.29) is 12.5 Å². The minimum Gasteiger partial charge on any atom is -0.491 e. The van der Waals surface area contributed by atoms with E-state index in [2.05, 4.69) is 31.3 Å². The fourth-order valence-electron chi connectivity index (χ4n) is 3.92. The van der Waals surface area contributed by atoms with Gasteiger partial charge in [-0.2, -0.15) is 13.2 Å². The van der Waals surface area contributed by atoms with Crippen LogP contribution in [0.2, 0.25) is 0 Å². The lowest BCUT2D eigenvalue weighted by atomic mass is 9.95. The number of carbonyl (C=O) groups is 1. The lowest BCUT2D eigenvalue weighted by Gasteiger charge is -2.19. The lowest BCUT2D eigenvalue weighted by molar-refractivity contribution is -0.0800. The summed E-state index contributed by atoms with van der Waals surface area (Å²) in [6, 6.07) is 17.5. The molecule has 0 aliphatic rings. The van der Waals surface area contributed by atoms with Crippen molar-refractivity contribution in [2.75, 3.05) is 17.2 Å². The molecule has 0 atom stereocenters. The van der Waals surface area contributed by atoms with Gasteiger partial charge >= 0.3 is 12.2 Å². The zero-order chi connectivity index (χ0) is 27.8. The standard InChI is InChI=1S/C28H27F3N6O2/c1-3-15-39-25-19(7-6-14-28(29,30)31)16-20(22-8-4-5-9-23(22)26-34-36-37-35-26)17-24(25)33-27(38)32-21-12-10-18(2)11-13-21/h4-6,8-14,16-17H,3,7,15H2,1-2H3,(H2,32,33,38)(H,34,35,36,37). The highest BCUT2D eigenvalue weighted by Crippen LogP contribution is 2.39. The highest BCUT2D eigenvalue weighted by atomic mass is 19.4. The molecule has 0 unspecified atom stereocenters. The summed E-state index contributed by atoms with van der Waals surface area (Å²) in [6.45, 7) is 4.16. The van der Waals surface area contributed by atoms with Crippen LogP contribution in [-0.4, -0.2) is 39.4 Å². The number of anilines is 2. The third-order valence-corrected chi connectivity index (χ3v) is 5.66. The van der Waals surface area contributed by atoms with Crippen molar-refractivity contribution < 1.29 is 22.7 Å². The van der Waals surface area contributed by atoms with Crippen molar-refractivity contribution in [1.29, 1.82) is 0 Å². The predicted octanol–water partition coefficient (Wildman–Crippen LogP) is 6.94. The Balaban J connectivity index is 1.79. The van der Waals surface area contributed by atoms with Crippen LogP contribution in [0.4, 0.5) is 29.3 Å². The summed E-state index contributed by atoms with van der Waals surface area (Å²) in [4.78, 5) is 13.0. The van der Waals surface area contributed by atoms with E-state index in [4.69, 9.17) is 4.74 Å². The number of H-pyrrole nitrogens is 1. The summed E-state index contributed by atoms with van der Waals surface area (Å²) in [5.74, 6) is 0.715. The molecule has 0 saturated heterocycles. The van der Waals surface area contributed by atoms with Gasteiger partial charge in [-0.25, -0.2) is 9.89 Å². The van der Waals surface area contributed by atoms with Crippen molar-refractivity contribution in [3.05, 3.63) is 83.9 Å². The number of hydrogen-bond acceptors (Lipinski definition) is 5. The average Bonchev–Trinajstić information content (AvgIpc) is 3.44. The molecule has 4 aromatic rings. The number of benzene rings is 3. The van der Waals surface area contributed by atoms with Crippen molar-refractivity contribution in [1.82, 2.24) is 20.6 Å². The Morgan fingerprint density at radius 2 is 1.79 bits per heavy atom. The SMILES string of the molecule is CCCOc1c(CC=CC(F)(F)F)cc(-c2ccccc2-c2nnn[nH]2)cc1NC(=O)Nc1ccc(C)cc1. The molecule has 8 nitrogen and oxygen atoms in total. The van der Waals surface area contributed by atoms with Crippen LogP contribution >= 0.6 is 0 Å². The molecular weight excluding hydrogens is 509 g/mol. The number of rotatable bonds is 9. The number of aryl methyl sites for hydroxylation is 1. The number of hydrogen-bond donors (Lipinski definition) is 3. The van der Waals surface area contributed by atoms with Gasteiger partial charge in [0.1, 0.15) is 5.75 Å². The summed E-state index contributed by atoms with van der Waals surface area (Å²) in [5, 5.41) is 19.6. The van der Waals surface area contributed by atoms with E-state index in [1.54, 1.807) is 24.3 Å². The van der Waals surface area contributed by atoms with E-state index < -0.39 is 12.2 Å². The second-order valence-electron chi connectivity index (χ2n) is 8.75. The minimum absolute atomic E-state index is 0.0767. The number of amides is 2. The van der Waals surface area contributed by atoms with Crippen LogP contribution in [0, 0.1) is 6.92 Å². The number of nitrogens with one attached hydrogen (secondary N) is 3. The number of aromatic amines is 1. The maximum absolute atomic E-state index is 13.0. The van der Waals surface area contributed by atoms with Crippen LogP contribution in [0.25, 0.3) is 22.5 Å². The Bertz CT molecular complexity index is 1430. The van der Waals surface area contributed by atoms with Crippen LogP contribution in [-0.2, 0) is 6.42 Å². The Labute approximate surface area is 223 Å². The summed E-state index contributed by atoms with van der Waals surface area (Å²) >= 11 is 0. The smallest absolute Gasteiger partial charge is 0.409 e. The Hall–Kier alpha value is -4.67. The molecule has 3 aromatic carbocycles. The fourth-order valence-corrected chi connectivity index (χ4v) is 3.92. The number of nitrogens with zero attached hydrogens (tertiary/aromatic N) is 3. The zero-order valence-electron chi connectivity index (χ0n) is 21.3. The number of carbonyl (C=O) groups excluding carboxylic acids is 1. The molecule has 2 amide bonds. The molecule has 0 radical (unpaired) electrons. The number of aromatic nitrogens is 4. The Kier molecular flexibility index (Phi) is 8.60. The van der Waals surface area contributed by atoms with E-state index in [0.29, 0.717) is 58.2 Å². The summed E-state index contributed by atoms with van der Waals surface area (Å²) in [6.07, 6.45) is -2.65. The quantitative estimate of drug-likeness (QED) is 0.201. The van der Waals surface area contributed by atoms with Gasteiger partial charge in [-0.05, 0) is 65.6 Å². The highest BCUT2D eigenvalue weighted by Gasteiger charge is 2.22. The van der Waals surface area contributed by atoms with Crippen LogP contribution in [0.3, 0.4) is 0 Å². The molecule has 0 saturated carbocycles. The van der Waals surface area contributed by atoms with Crippen molar-refractivity contribution in [3.63, 3.8) is 0 Å². The largest absolute Gasteiger partial charge is 0.491 e. The second kappa shape index (κ2) is 12.2. The molecule has 0 fully saturated rings. The van der Waals surface area contributed by atoms with Crippen molar-refractivity contribution in [3.8, 4) is 28.3 Å². The van der Waals surface area contributed by atoms with Crippen LogP contribution < -0.4 is 15.4 Å². The van der Waals surface area contributed by atoms with Crippen molar-refractivity contribution in [2.24, 2.45) is 0 Å². The van der Waals surface area contributed by atoms with Gasteiger partial charge < -0.3 is 15.4 Å². The molecule has 39 heavy (non-hydrogen) atoms. The number of ether oxygens (including phenoxy) is 1. The molecule has 0 bridgehead atoms. The number of urea groups is 1. The highest BCUT2D eigenvalue weighted by molar-refractivity contribution is 6.01.